The summed E-state index contributed by atoms with van der Waals surface area (Å²) in [6.07, 6.45) is 1.03. The summed E-state index contributed by atoms with van der Waals surface area (Å²) in [5.74, 6) is 0.171. The van der Waals surface area contributed by atoms with Crippen LogP contribution in [-0.2, 0) is 9.59 Å². The first-order valence-corrected chi connectivity index (χ1v) is 9.98. The van der Waals surface area contributed by atoms with Gasteiger partial charge in [0, 0.05) is 17.6 Å². The van der Waals surface area contributed by atoms with E-state index in [-0.39, 0.29) is 17.4 Å². The number of quaternary nitrogens is 2. The summed E-state index contributed by atoms with van der Waals surface area (Å²) in [5, 5.41) is 6.12. The van der Waals surface area contributed by atoms with Crippen molar-refractivity contribution in [1.82, 2.24) is 5.32 Å². The molecule has 0 saturated carbocycles. The standard InChI is InChI=1S/C21H34N4O2/c1-16-8-6-9-17(2)20(16)22-18(26)14-24-10-7-11-25(13-12-24)15-19(27)23-21(3,4)5/h6,8-9H,7,10-15H2,1-5H3,(H,22,26)(H,23,27)/p+2. The van der Waals surface area contributed by atoms with Crippen LogP contribution in [0, 0.1) is 13.8 Å². The molecule has 1 heterocycles. The van der Waals surface area contributed by atoms with Crippen LogP contribution in [0.3, 0.4) is 0 Å². The van der Waals surface area contributed by atoms with Crippen molar-refractivity contribution in [3.05, 3.63) is 29.3 Å². The summed E-state index contributed by atoms with van der Waals surface area (Å²) in [5.41, 5.74) is 2.93. The number of aryl methyl sites for hydroxylation is 2. The van der Waals surface area contributed by atoms with Crippen LogP contribution >= 0.6 is 0 Å². The minimum absolute atomic E-state index is 0.0660. The summed E-state index contributed by atoms with van der Waals surface area (Å²) in [4.78, 5) is 27.3. The molecule has 0 aliphatic carbocycles. The van der Waals surface area contributed by atoms with Crippen LogP contribution < -0.4 is 20.4 Å². The van der Waals surface area contributed by atoms with E-state index in [1.54, 1.807) is 0 Å². The van der Waals surface area contributed by atoms with Gasteiger partial charge in [0.15, 0.2) is 13.1 Å². The smallest absolute Gasteiger partial charge is 0.279 e. The fraction of sp³-hybridized carbons (Fsp3) is 0.619. The molecule has 1 fully saturated rings. The number of para-hydroxylation sites is 1. The van der Waals surface area contributed by atoms with Crippen LogP contribution in [0.2, 0.25) is 0 Å². The molecule has 0 spiro atoms. The number of amides is 2. The molecule has 1 saturated heterocycles. The molecule has 0 aromatic heterocycles. The average Bonchev–Trinajstić information content (AvgIpc) is 2.74. The molecule has 1 aliphatic rings. The molecular formula is C21H36N4O2+2. The summed E-state index contributed by atoms with van der Waals surface area (Å²) < 4.78 is 0. The number of benzene rings is 1. The number of carbonyl (C=O) groups is 2. The van der Waals surface area contributed by atoms with Crippen molar-refractivity contribution < 1.29 is 19.4 Å². The number of hydrogen-bond acceptors (Lipinski definition) is 2. The van der Waals surface area contributed by atoms with E-state index in [4.69, 9.17) is 0 Å². The lowest BCUT2D eigenvalue weighted by atomic mass is 10.1. The van der Waals surface area contributed by atoms with Gasteiger partial charge in [-0.3, -0.25) is 9.59 Å². The van der Waals surface area contributed by atoms with Gasteiger partial charge in [0.05, 0.1) is 13.1 Å². The minimum Gasteiger partial charge on any atom is -0.347 e. The normalized spacial score (nSPS) is 20.6. The van der Waals surface area contributed by atoms with Gasteiger partial charge in [-0.25, -0.2) is 0 Å². The van der Waals surface area contributed by atoms with E-state index in [1.165, 1.54) is 9.80 Å². The molecule has 2 amide bonds. The fourth-order valence-corrected chi connectivity index (χ4v) is 3.66. The average molecular weight is 377 g/mol. The van der Waals surface area contributed by atoms with Crippen LogP contribution in [-0.4, -0.2) is 56.6 Å². The molecule has 6 nitrogen and oxygen atoms in total. The van der Waals surface area contributed by atoms with Crippen LogP contribution in [0.1, 0.15) is 38.3 Å². The van der Waals surface area contributed by atoms with Crippen LogP contribution in [0.4, 0.5) is 5.69 Å². The molecule has 2 rings (SSSR count). The van der Waals surface area contributed by atoms with E-state index in [1.807, 2.05) is 52.8 Å². The van der Waals surface area contributed by atoms with Gasteiger partial charge < -0.3 is 20.4 Å². The lowest BCUT2D eigenvalue weighted by Gasteiger charge is -2.22. The Bertz CT molecular complexity index is 646. The van der Waals surface area contributed by atoms with Gasteiger partial charge in [-0.15, -0.1) is 0 Å². The minimum atomic E-state index is -0.189. The Morgan fingerprint density at radius 3 is 1.96 bits per heavy atom. The zero-order valence-corrected chi connectivity index (χ0v) is 17.5. The highest BCUT2D eigenvalue weighted by atomic mass is 16.2. The molecule has 27 heavy (non-hydrogen) atoms. The molecule has 150 valence electrons. The molecule has 0 radical (unpaired) electrons. The van der Waals surface area contributed by atoms with Gasteiger partial charge in [0.2, 0.25) is 0 Å². The zero-order valence-electron chi connectivity index (χ0n) is 17.5. The van der Waals surface area contributed by atoms with Crippen molar-refractivity contribution in [3.63, 3.8) is 0 Å². The van der Waals surface area contributed by atoms with Crippen molar-refractivity contribution in [2.24, 2.45) is 0 Å². The SMILES string of the molecule is Cc1cccc(C)c1NC(=O)C[NH+]1CCC[NH+](CC(=O)NC(C)(C)C)CC1. The number of rotatable bonds is 5. The summed E-state index contributed by atoms with van der Waals surface area (Å²) in [7, 11) is 0. The maximum atomic E-state index is 12.5. The Morgan fingerprint density at radius 1 is 0.926 bits per heavy atom. The summed E-state index contributed by atoms with van der Waals surface area (Å²) >= 11 is 0. The number of hydrogen-bond donors (Lipinski definition) is 4. The van der Waals surface area contributed by atoms with Crippen molar-refractivity contribution in [1.29, 1.82) is 0 Å². The first kappa shape index (κ1) is 21.4. The molecule has 1 aromatic carbocycles. The van der Waals surface area contributed by atoms with E-state index in [0.29, 0.717) is 13.1 Å². The van der Waals surface area contributed by atoms with Gasteiger partial charge in [0.1, 0.15) is 13.1 Å². The largest absolute Gasteiger partial charge is 0.347 e. The van der Waals surface area contributed by atoms with Crippen molar-refractivity contribution in [3.8, 4) is 0 Å². The predicted molar refractivity (Wildman–Crippen MR) is 108 cm³/mol. The molecule has 4 N–H and O–H groups in total. The maximum absolute atomic E-state index is 12.5. The van der Waals surface area contributed by atoms with Gasteiger partial charge in [-0.05, 0) is 45.7 Å². The van der Waals surface area contributed by atoms with E-state index in [9.17, 15) is 9.59 Å². The Labute approximate surface area is 163 Å². The fourth-order valence-electron chi connectivity index (χ4n) is 3.66. The monoisotopic (exact) mass is 376 g/mol. The third-order valence-electron chi connectivity index (χ3n) is 4.97. The first-order chi connectivity index (χ1) is 12.6. The Balaban J connectivity index is 1.82. The highest BCUT2D eigenvalue weighted by Gasteiger charge is 2.25. The van der Waals surface area contributed by atoms with E-state index >= 15 is 0 Å². The topological polar surface area (TPSA) is 67.1 Å². The molecule has 2 atom stereocenters. The van der Waals surface area contributed by atoms with Crippen molar-refractivity contribution >= 4 is 17.5 Å². The lowest BCUT2D eigenvalue weighted by molar-refractivity contribution is -0.930. The van der Waals surface area contributed by atoms with Gasteiger partial charge in [0.25, 0.3) is 11.8 Å². The maximum Gasteiger partial charge on any atom is 0.279 e. The van der Waals surface area contributed by atoms with E-state index in [0.717, 1.165) is 49.4 Å². The van der Waals surface area contributed by atoms with E-state index < -0.39 is 0 Å². The quantitative estimate of drug-likeness (QED) is 0.551. The van der Waals surface area contributed by atoms with Gasteiger partial charge in [-0.1, -0.05) is 18.2 Å². The Morgan fingerprint density at radius 2 is 1.44 bits per heavy atom. The molecule has 2 unspecified atom stereocenters. The van der Waals surface area contributed by atoms with Crippen LogP contribution in [0.5, 0.6) is 0 Å². The number of anilines is 1. The highest BCUT2D eigenvalue weighted by Crippen LogP contribution is 2.18. The molecule has 0 bridgehead atoms. The second-order valence-electron chi connectivity index (χ2n) is 8.82. The molecule has 6 heteroatoms. The zero-order chi connectivity index (χ0) is 20.0. The highest BCUT2D eigenvalue weighted by molar-refractivity contribution is 5.93. The number of nitrogens with one attached hydrogen (secondary N) is 4. The third kappa shape index (κ3) is 7.31. The third-order valence-corrected chi connectivity index (χ3v) is 4.97. The van der Waals surface area contributed by atoms with Crippen LogP contribution in [0.15, 0.2) is 18.2 Å². The molecule has 1 aliphatic heterocycles. The molecular weight excluding hydrogens is 340 g/mol. The van der Waals surface area contributed by atoms with Crippen molar-refractivity contribution in [2.45, 2.75) is 46.6 Å². The second kappa shape index (κ2) is 9.33. The van der Waals surface area contributed by atoms with Gasteiger partial charge >= 0.3 is 0 Å². The van der Waals surface area contributed by atoms with Crippen LogP contribution in [0.25, 0.3) is 0 Å². The first-order valence-electron chi connectivity index (χ1n) is 9.98. The second-order valence-corrected chi connectivity index (χ2v) is 8.82. The predicted octanol–water partition coefficient (Wildman–Crippen LogP) is -0.670. The van der Waals surface area contributed by atoms with E-state index in [2.05, 4.69) is 10.6 Å². The Kier molecular flexibility index (Phi) is 7.39. The van der Waals surface area contributed by atoms with Crippen molar-refractivity contribution in [2.75, 3.05) is 44.6 Å². The summed E-state index contributed by atoms with van der Waals surface area (Å²) in [6, 6.07) is 6.05. The van der Waals surface area contributed by atoms with Gasteiger partial charge in [-0.2, -0.15) is 0 Å². The molecule has 1 aromatic rings. The number of carbonyl (C=O) groups excluding carboxylic acids is 2. The summed E-state index contributed by atoms with van der Waals surface area (Å²) in [6.45, 7) is 14.8. The Hall–Kier alpha value is -1.92. The lowest BCUT2D eigenvalue weighted by Crippen LogP contribution is -3.18.